The zero-order chi connectivity index (χ0) is 26.2. The summed E-state index contributed by atoms with van der Waals surface area (Å²) in [7, 11) is -17.3. The number of aliphatic hydroxyl groups is 1. The summed E-state index contributed by atoms with van der Waals surface area (Å²) in [6.45, 7) is 0.157. The van der Waals surface area contributed by atoms with Gasteiger partial charge in [-0.05, 0) is 0 Å². The third kappa shape index (κ3) is 5.86. The second-order valence-electron chi connectivity index (χ2n) is 6.66. The number of ether oxygens (including phenoxy) is 1. The molecule has 0 bridgehead atoms. The van der Waals surface area contributed by atoms with Crippen molar-refractivity contribution in [2.75, 3.05) is 13.3 Å². The molecule has 0 radical (unpaired) electrons. The number of rotatable bonds is 10. The summed E-state index contributed by atoms with van der Waals surface area (Å²) in [6.07, 6.45) is -0.418. The number of hydrogen-bond donors (Lipinski definition) is 6. The van der Waals surface area contributed by atoms with Gasteiger partial charge in [0.25, 0.3) is 5.56 Å². The van der Waals surface area contributed by atoms with Gasteiger partial charge < -0.3 is 29.4 Å². The first kappa shape index (κ1) is 28.4. The van der Waals surface area contributed by atoms with Crippen molar-refractivity contribution in [3.63, 3.8) is 0 Å². The van der Waals surface area contributed by atoms with E-state index in [1.807, 2.05) is 4.98 Å². The largest absolute Gasteiger partial charge is 0.490 e. The van der Waals surface area contributed by atoms with Crippen molar-refractivity contribution in [3.8, 4) is 6.07 Å². The predicted octanol–water partition coefficient (Wildman–Crippen LogP) is -1.04. The van der Waals surface area contributed by atoms with Gasteiger partial charge in [-0.25, -0.2) is 22.9 Å². The lowest BCUT2D eigenvalue weighted by Gasteiger charge is -2.31. The number of phosphoric ester groups is 1. The smallest absolute Gasteiger partial charge is 0.389 e. The first-order chi connectivity index (χ1) is 15.5. The standard InChI is InChI=1S/C13H17FN3O14P3/c1-2-8-10(19)12(5-14,7-28-33(24,25)31-34(26,27)30-32(21,22)23)29-13(8,6-15)17-4-3-9(18)16-11(17)20/h2-4,8,10,19H,1,5,7H2,(H,24,25)(H,26,27)(H,16,18,20)(H2,21,22,23)/t8-,10+,12-,13-/m1/s1. The second-order valence-corrected chi connectivity index (χ2v) is 11.1. The number of alkyl halides is 1. The third-order valence-corrected chi connectivity index (χ3v) is 8.18. The van der Waals surface area contributed by atoms with Crippen molar-refractivity contribution in [2.45, 2.75) is 17.4 Å². The summed E-state index contributed by atoms with van der Waals surface area (Å²) in [6, 6.07) is 2.35. The molecule has 1 fully saturated rings. The number of H-pyrrole nitrogens is 1. The van der Waals surface area contributed by atoms with Gasteiger partial charge >= 0.3 is 29.2 Å². The van der Waals surface area contributed by atoms with Crippen LogP contribution in [0.2, 0.25) is 0 Å². The average molecular weight is 551 g/mol. The molecule has 2 unspecified atom stereocenters. The van der Waals surface area contributed by atoms with E-state index < -0.39 is 71.3 Å². The van der Waals surface area contributed by atoms with E-state index in [-0.39, 0.29) is 0 Å². The first-order valence-corrected chi connectivity index (χ1v) is 13.1. The van der Waals surface area contributed by atoms with E-state index in [4.69, 9.17) is 14.5 Å². The number of aliphatic hydroxyl groups excluding tert-OH is 1. The van der Waals surface area contributed by atoms with Crippen LogP contribution in [0.5, 0.6) is 0 Å². The van der Waals surface area contributed by atoms with Crippen LogP contribution < -0.4 is 11.2 Å². The lowest BCUT2D eigenvalue weighted by atomic mass is 9.86. The SMILES string of the molecule is C=C[C@@H]1[C@H](O)[C@@](CF)(COP(=O)(O)OP(=O)(O)OP(=O)(O)O)O[C@@]1(C#N)n1ccc(=O)[nH]c1=O. The second kappa shape index (κ2) is 9.67. The number of halogens is 1. The van der Waals surface area contributed by atoms with Crippen molar-refractivity contribution >= 4 is 23.5 Å². The predicted molar refractivity (Wildman–Crippen MR) is 104 cm³/mol. The molecular weight excluding hydrogens is 534 g/mol. The van der Waals surface area contributed by atoms with Crippen LogP contribution in [0.15, 0.2) is 34.5 Å². The summed E-state index contributed by atoms with van der Waals surface area (Å²) >= 11 is 0. The molecule has 1 saturated heterocycles. The average Bonchev–Trinajstić information content (AvgIpc) is 2.92. The maximum Gasteiger partial charge on any atom is 0.490 e. The van der Waals surface area contributed by atoms with Crippen molar-refractivity contribution < 1.29 is 60.6 Å². The highest BCUT2D eigenvalue weighted by Gasteiger charge is 2.64. The minimum absolute atomic E-state index is 0.492. The zero-order valence-corrected chi connectivity index (χ0v) is 19.2. The molecule has 6 atom stereocenters. The van der Waals surface area contributed by atoms with Crippen LogP contribution in [0.3, 0.4) is 0 Å². The topological polar surface area (TPSA) is 268 Å². The Balaban J connectivity index is 2.42. The monoisotopic (exact) mass is 551 g/mol. The maximum absolute atomic E-state index is 14.1. The fourth-order valence-corrected chi connectivity index (χ4v) is 6.14. The van der Waals surface area contributed by atoms with Gasteiger partial charge in [0, 0.05) is 12.3 Å². The van der Waals surface area contributed by atoms with E-state index in [1.54, 1.807) is 6.07 Å². The highest BCUT2D eigenvalue weighted by atomic mass is 31.3. The lowest BCUT2D eigenvalue weighted by Crippen LogP contribution is -2.49. The van der Waals surface area contributed by atoms with Gasteiger partial charge in [0.2, 0.25) is 5.72 Å². The van der Waals surface area contributed by atoms with E-state index in [9.17, 15) is 47.8 Å². The Morgan fingerprint density at radius 3 is 2.35 bits per heavy atom. The molecule has 1 aromatic rings. The van der Waals surface area contributed by atoms with Gasteiger partial charge in [0.05, 0.1) is 12.5 Å². The molecular formula is C13H17FN3O14P3. The number of nitrogens with one attached hydrogen (secondary N) is 1. The molecule has 0 saturated carbocycles. The fourth-order valence-electron chi connectivity index (χ4n) is 3.06. The maximum atomic E-state index is 14.1. The Morgan fingerprint density at radius 2 is 1.88 bits per heavy atom. The number of hydrogen-bond acceptors (Lipinski definition) is 11. The minimum atomic E-state index is -5.90. The highest BCUT2D eigenvalue weighted by Crippen LogP contribution is 2.66. The van der Waals surface area contributed by atoms with Gasteiger partial charge in [0.15, 0.2) is 5.60 Å². The Kier molecular flexibility index (Phi) is 8.08. The molecule has 2 heterocycles. The van der Waals surface area contributed by atoms with Crippen LogP contribution in [0.4, 0.5) is 4.39 Å². The van der Waals surface area contributed by atoms with E-state index >= 15 is 0 Å². The highest BCUT2D eigenvalue weighted by molar-refractivity contribution is 7.66. The normalized spacial score (nSPS) is 30.7. The third-order valence-electron chi connectivity index (χ3n) is 4.40. The molecule has 0 spiro atoms. The zero-order valence-electron chi connectivity index (χ0n) is 16.5. The van der Waals surface area contributed by atoms with Gasteiger partial charge in [0.1, 0.15) is 18.8 Å². The van der Waals surface area contributed by atoms with Crippen LogP contribution in [0.1, 0.15) is 0 Å². The lowest BCUT2D eigenvalue weighted by molar-refractivity contribution is -0.163. The Morgan fingerprint density at radius 1 is 1.26 bits per heavy atom. The van der Waals surface area contributed by atoms with Crippen molar-refractivity contribution in [1.29, 1.82) is 5.26 Å². The molecule has 190 valence electrons. The number of nitrogens with zero attached hydrogens (tertiary/aromatic N) is 2. The molecule has 21 heteroatoms. The molecule has 1 aliphatic heterocycles. The summed E-state index contributed by atoms with van der Waals surface area (Å²) in [5.41, 5.74) is -7.34. The number of nitriles is 1. The van der Waals surface area contributed by atoms with Gasteiger partial charge in [-0.1, -0.05) is 6.08 Å². The van der Waals surface area contributed by atoms with Gasteiger partial charge in [-0.3, -0.25) is 18.9 Å². The van der Waals surface area contributed by atoms with Crippen LogP contribution in [0, 0.1) is 17.2 Å². The Labute approximate surface area is 188 Å². The van der Waals surface area contributed by atoms with Crippen LogP contribution in [-0.4, -0.2) is 59.2 Å². The van der Waals surface area contributed by atoms with Crippen molar-refractivity contribution in [1.82, 2.24) is 9.55 Å². The number of aromatic nitrogens is 2. The van der Waals surface area contributed by atoms with Crippen molar-refractivity contribution in [3.05, 3.63) is 45.8 Å². The quantitative estimate of drug-likeness (QED) is 0.150. The van der Waals surface area contributed by atoms with Gasteiger partial charge in [-0.2, -0.15) is 13.9 Å². The van der Waals surface area contributed by atoms with Crippen molar-refractivity contribution in [2.24, 2.45) is 5.92 Å². The summed E-state index contributed by atoms with van der Waals surface area (Å²) < 4.78 is 65.4. The summed E-state index contributed by atoms with van der Waals surface area (Å²) in [4.78, 5) is 61.3. The molecule has 17 nitrogen and oxygen atoms in total. The van der Waals surface area contributed by atoms with E-state index in [2.05, 4.69) is 19.7 Å². The van der Waals surface area contributed by atoms with Crippen LogP contribution >= 0.6 is 23.5 Å². The van der Waals surface area contributed by atoms with Crippen LogP contribution in [0.25, 0.3) is 0 Å². The summed E-state index contributed by atoms with van der Waals surface area (Å²) in [5, 5.41) is 20.4. The molecule has 0 aliphatic carbocycles. The molecule has 0 amide bonds. The number of phosphoric acid groups is 3. The Hall–Kier alpha value is -1.83. The molecule has 2 rings (SSSR count). The molecule has 1 aromatic heterocycles. The fraction of sp³-hybridized carbons (Fsp3) is 0.462. The Bertz CT molecular complexity index is 1250. The van der Waals surface area contributed by atoms with Crippen LogP contribution in [-0.2, 0) is 37.3 Å². The minimum Gasteiger partial charge on any atom is -0.389 e. The molecule has 6 N–H and O–H groups in total. The molecule has 0 aromatic carbocycles. The van der Waals surface area contributed by atoms with Gasteiger partial charge in [-0.15, -0.1) is 6.58 Å². The number of aromatic amines is 1. The summed E-state index contributed by atoms with van der Waals surface area (Å²) in [5.74, 6) is -1.61. The first-order valence-electron chi connectivity index (χ1n) is 8.55. The van der Waals surface area contributed by atoms with E-state index in [0.29, 0.717) is 4.57 Å². The molecule has 34 heavy (non-hydrogen) atoms. The van der Waals surface area contributed by atoms with E-state index in [0.717, 1.165) is 18.3 Å². The molecule has 1 aliphatic rings. The van der Waals surface area contributed by atoms with E-state index in [1.165, 1.54) is 0 Å².